The molecule has 0 aliphatic rings. The fraction of sp³-hybridized carbons (Fsp3) is 0.125. The zero-order valence-electron chi connectivity index (χ0n) is 11.3. The number of halogens is 2. The molecule has 3 rings (SSSR count). The molecule has 21 heavy (non-hydrogen) atoms. The minimum atomic E-state index is -0.299. The Morgan fingerprint density at radius 1 is 1.24 bits per heavy atom. The molecular formula is C16H13BrFNO2. The number of anilines is 1. The van der Waals surface area contributed by atoms with Crippen molar-refractivity contribution in [1.29, 1.82) is 0 Å². The number of rotatable bonds is 4. The predicted octanol–water partition coefficient (Wildman–Crippen LogP) is 4.96. The summed E-state index contributed by atoms with van der Waals surface area (Å²) >= 11 is 3.32. The number of hydrogen-bond acceptors (Lipinski definition) is 3. The van der Waals surface area contributed by atoms with Gasteiger partial charge >= 0.3 is 0 Å². The summed E-state index contributed by atoms with van der Waals surface area (Å²) in [6, 6.07) is 12.4. The Morgan fingerprint density at radius 3 is 2.90 bits per heavy atom. The molecule has 3 nitrogen and oxygen atoms in total. The van der Waals surface area contributed by atoms with Crippen molar-refractivity contribution in [3.63, 3.8) is 0 Å². The van der Waals surface area contributed by atoms with E-state index in [4.69, 9.17) is 9.15 Å². The van der Waals surface area contributed by atoms with Gasteiger partial charge in [0.1, 0.15) is 11.6 Å². The minimum absolute atomic E-state index is 0.299. The van der Waals surface area contributed by atoms with Crippen molar-refractivity contribution in [2.24, 2.45) is 0 Å². The molecule has 3 aromatic rings. The van der Waals surface area contributed by atoms with E-state index in [1.165, 1.54) is 6.07 Å². The Kier molecular flexibility index (Phi) is 3.84. The monoisotopic (exact) mass is 349 g/mol. The maximum Gasteiger partial charge on any atom is 0.176 e. The van der Waals surface area contributed by atoms with Crippen LogP contribution < -0.4 is 10.1 Å². The van der Waals surface area contributed by atoms with E-state index in [1.54, 1.807) is 19.2 Å². The zero-order chi connectivity index (χ0) is 14.8. The van der Waals surface area contributed by atoms with Gasteiger partial charge in [-0.1, -0.05) is 28.1 Å². The van der Waals surface area contributed by atoms with E-state index >= 15 is 0 Å². The first-order valence-electron chi connectivity index (χ1n) is 6.42. The lowest BCUT2D eigenvalue weighted by Crippen LogP contribution is -2.00. The summed E-state index contributed by atoms with van der Waals surface area (Å²) in [6.07, 6.45) is 0. The largest absolute Gasteiger partial charge is 0.493 e. The van der Waals surface area contributed by atoms with Gasteiger partial charge in [-0.05, 0) is 30.3 Å². The van der Waals surface area contributed by atoms with E-state index in [2.05, 4.69) is 21.2 Å². The molecule has 0 spiro atoms. The number of fused-ring (bicyclic) bond motifs is 1. The molecule has 1 aromatic heterocycles. The van der Waals surface area contributed by atoms with E-state index in [0.29, 0.717) is 29.3 Å². The Morgan fingerprint density at radius 2 is 2.10 bits per heavy atom. The van der Waals surface area contributed by atoms with Crippen molar-refractivity contribution in [2.45, 2.75) is 6.54 Å². The van der Waals surface area contributed by atoms with Crippen molar-refractivity contribution in [1.82, 2.24) is 0 Å². The second kappa shape index (κ2) is 5.77. The maximum atomic E-state index is 13.7. The van der Waals surface area contributed by atoms with Gasteiger partial charge in [-0.2, -0.15) is 0 Å². The van der Waals surface area contributed by atoms with Gasteiger partial charge in [-0.15, -0.1) is 0 Å². The molecule has 1 N–H and O–H groups in total. The van der Waals surface area contributed by atoms with Crippen LogP contribution in [0.2, 0.25) is 0 Å². The van der Waals surface area contributed by atoms with Crippen LogP contribution in [0.5, 0.6) is 5.75 Å². The summed E-state index contributed by atoms with van der Waals surface area (Å²) in [5.74, 6) is 1.10. The normalized spacial score (nSPS) is 10.8. The molecule has 5 heteroatoms. The molecule has 108 valence electrons. The average molecular weight is 350 g/mol. The fourth-order valence-electron chi connectivity index (χ4n) is 2.15. The molecule has 1 heterocycles. The third-order valence-corrected chi connectivity index (χ3v) is 3.65. The van der Waals surface area contributed by atoms with Crippen molar-refractivity contribution in [3.8, 4) is 5.75 Å². The lowest BCUT2D eigenvalue weighted by molar-refractivity contribution is 0.408. The number of ether oxygens (including phenoxy) is 1. The average Bonchev–Trinajstić information content (AvgIpc) is 2.91. The van der Waals surface area contributed by atoms with Crippen LogP contribution >= 0.6 is 15.9 Å². The number of hydrogen-bond donors (Lipinski definition) is 1. The van der Waals surface area contributed by atoms with Crippen molar-refractivity contribution in [2.75, 3.05) is 12.4 Å². The van der Waals surface area contributed by atoms with Crippen LogP contribution in [0.4, 0.5) is 10.1 Å². The molecule has 0 fully saturated rings. The van der Waals surface area contributed by atoms with Crippen LogP contribution in [0.15, 0.2) is 51.4 Å². The van der Waals surface area contributed by atoms with E-state index in [0.717, 1.165) is 9.86 Å². The third kappa shape index (κ3) is 2.88. The van der Waals surface area contributed by atoms with Gasteiger partial charge in [0.05, 0.1) is 19.3 Å². The highest BCUT2D eigenvalue weighted by Gasteiger charge is 2.09. The second-order valence-corrected chi connectivity index (χ2v) is 5.48. The number of furan rings is 1. The SMILES string of the molecule is COc1cccc2cc(CNc3cc(Br)ccc3F)oc12. The summed E-state index contributed by atoms with van der Waals surface area (Å²) in [7, 11) is 1.60. The quantitative estimate of drug-likeness (QED) is 0.723. The second-order valence-electron chi connectivity index (χ2n) is 4.57. The highest BCUT2D eigenvalue weighted by molar-refractivity contribution is 9.10. The standard InChI is InChI=1S/C16H13BrFNO2/c1-20-15-4-2-3-10-7-12(21-16(10)15)9-19-14-8-11(17)5-6-13(14)18/h2-8,19H,9H2,1H3. The topological polar surface area (TPSA) is 34.4 Å². The molecule has 2 aromatic carbocycles. The fourth-order valence-corrected chi connectivity index (χ4v) is 2.51. The Balaban J connectivity index is 1.84. The first-order valence-corrected chi connectivity index (χ1v) is 7.21. The minimum Gasteiger partial charge on any atom is -0.493 e. The van der Waals surface area contributed by atoms with Crippen molar-refractivity contribution in [3.05, 3.63) is 58.5 Å². The molecule has 0 aliphatic heterocycles. The lowest BCUT2D eigenvalue weighted by Gasteiger charge is -2.06. The van der Waals surface area contributed by atoms with Gasteiger partial charge < -0.3 is 14.5 Å². The molecule has 0 bridgehead atoms. The van der Waals surface area contributed by atoms with Crippen molar-refractivity contribution < 1.29 is 13.5 Å². The molecule has 0 aliphatic carbocycles. The molecule has 0 saturated heterocycles. The van der Waals surface area contributed by atoms with Gasteiger partial charge in [0.2, 0.25) is 0 Å². The van der Waals surface area contributed by atoms with Crippen LogP contribution in [0.1, 0.15) is 5.76 Å². The predicted molar refractivity (Wildman–Crippen MR) is 84.2 cm³/mol. The van der Waals surface area contributed by atoms with Crippen LogP contribution in [0.25, 0.3) is 11.0 Å². The van der Waals surface area contributed by atoms with Crippen LogP contribution in [-0.4, -0.2) is 7.11 Å². The summed E-state index contributed by atoms with van der Waals surface area (Å²) < 4.78 is 25.5. The number of benzene rings is 2. The van der Waals surface area contributed by atoms with E-state index in [1.807, 2.05) is 24.3 Å². The molecular weight excluding hydrogens is 337 g/mol. The summed E-state index contributed by atoms with van der Waals surface area (Å²) in [5, 5.41) is 3.99. The summed E-state index contributed by atoms with van der Waals surface area (Å²) in [6.45, 7) is 0.394. The zero-order valence-corrected chi connectivity index (χ0v) is 12.9. The smallest absolute Gasteiger partial charge is 0.176 e. The highest BCUT2D eigenvalue weighted by atomic mass is 79.9. The van der Waals surface area contributed by atoms with Gasteiger partial charge in [0.15, 0.2) is 11.3 Å². The van der Waals surface area contributed by atoms with Crippen molar-refractivity contribution >= 4 is 32.6 Å². The maximum absolute atomic E-state index is 13.7. The lowest BCUT2D eigenvalue weighted by atomic mass is 10.2. The van der Waals surface area contributed by atoms with Gasteiger partial charge in [-0.25, -0.2) is 4.39 Å². The molecule has 0 atom stereocenters. The molecule has 0 radical (unpaired) electrons. The van der Waals surface area contributed by atoms with Gasteiger partial charge in [0.25, 0.3) is 0 Å². The van der Waals surface area contributed by atoms with E-state index in [9.17, 15) is 4.39 Å². The van der Waals surface area contributed by atoms with E-state index < -0.39 is 0 Å². The first-order chi connectivity index (χ1) is 10.2. The van der Waals surface area contributed by atoms with Crippen LogP contribution in [0.3, 0.4) is 0 Å². The molecule has 0 amide bonds. The van der Waals surface area contributed by atoms with Crippen LogP contribution in [0, 0.1) is 5.82 Å². The summed E-state index contributed by atoms with van der Waals surface area (Å²) in [5.41, 5.74) is 1.13. The number of para-hydroxylation sites is 1. The van der Waals surface area contributed by atoms with Crippen LogP contribution in [-0.2, 0) is 6.54 Å². The highest BCUT2D eigenvalue weighted by Crippen LogP contribution is 2.29. The Labute approximate surface area is 129 Å². The third-order valence-electron chi connectivity index (χ3n) is 3.16. The number of nitrogens with one attached hydrogen (secondary N) is 1. The molecule has 0 unspecified atom stereocenters. The Bertz CT molecular complexity index is 785. The number of methoxy groups -OCH3 is 1. The van der Waals surface area contributed by atoms with Gasteiger partial charge in [-0.3, -0.25) is 0 Å². The van der Waals surface area contributed by atoms with E-state index in [-0.39, 0.29) is 5.82 Å². The van der Waals surface area contributed by atoms with Gasteiger partial charge in [0, 0.05) is 9.86 Å². The first kappa shape index (κ1) is 13.9. The molecule has 0 saturated carbocycles. The summed E-state index contributed by atoms with van der Waals surface area (Å²) in [4.78, 5) is 0. The Hall–Kier alpha value is -2.01.